The quantitative estimate of drug-likeness (QED) is 0.416. The lowest BCUT2D eigenvalue weighted by atomic mass is 10.2. The molecule has 0 atom stereocenters. The van der Waals surface area contributed by atoms with Crippen molar-refractivity contribution in [1.29, 1.82) is 0 Å². The summed E-state index contributed by atoms with van der Waals surface area (Å²) in [7, 11) is 3.03. The summed E-state index contributed by atoms with van der Waals surface area (Å²) in [5.41, 5.74) is 0.790. The van der Waals surface area contributed by atoms with Crippen LogP contribution in [0.1, 0.15) is 17.9 Å². The topological polar surface area (TPSA) is 116 Å². The van der Waals surface area contributed by atoms with Crippen molar-refractivity contribution in [1.82, 2.24) is 24.5 Å². The average molecular weight is 481 g/mol. The standard InChI is InChI=1S/C23H21ClN6O4/c1-14-5-4-6-17(13-14)28(2)19(31)12-11-18-25-21(27-34-18)20-22(32)29(3)23(33)30(26-20)16-9-7-15(24)8-10-16/h4-10,13H,11-12H2,1-3H3. The Morgan fingerprint density at radius 3 is 2.59 bits per heavy atom. The predicted molar refractivity (Wildman–Crippen MR) is 126 cm³/mol. The van der Waals surface area contributed by atoms with E-state index >= 15 is 0 Å². The zero-order valence-electron chi connectivity index (χ0n) is 18.7. The van der Waals surface area contributed by atoms with Crippen LogP contribution in [0.3, 0.4) is 0 Å². The van der Waals surface area contributed by atoms with Crippen molar-refractivity contribution in [2.24, 2.45) is 7.05 Å². The molecule has 174 valence electrons. The minimum Gasteiger partial charge on any atom is -0.339 e. The van der Waals surface area contributed by atoms with Gasteiger partial charge >= 0.3 is 5.69 Å². The SMILES string of the molecule is Cc1cccc(N(C)C(=O)CCc2nc(-c3nn(-c4ccc(Cl)cc4)c(=O)n(C)c3=O)no2)c1. The van der Waals surface area contributed by atoms with Crippen molar-refractivity contribution in [2.75, 3.05) is 11.9 Å². The molecule has 0 aliphatic rings. The summed E-state index contributed by atoms with van der Waals surface area (Å²) in [5.74, 6) is -0.0254. The molecule has 0 spiro atoms. The lowest BCUT2D eigenvalue weighted by Gasteiger charge is -2.17. The predicted octanol–water partition coefficient (Wildman–Crippen LogP) is 2.54. The summed E-state index contributed by atoms with van der Waals surface area (Å²) in [4.78, 5) is 43.6. The Morgan fingerprint density at radius 1 is 1.15 bits per heavy atom. The Hall–Kier alpha value is -4.05. The van der Waals surface area contributed by atoms with Gasteiger partial charge in [-0.2, -0.15) is 14.8 Å². The zero-order valence-corrected chi connectivity index (χ0v) is 19.5. The molecule has 2 aromatic carbocycles. The average Bonchev–Trinajstić information content (AvgIpc) is 3.30. The Bertz CT molecular complexity index is 1470. The highest BCUT2D eigenvalue weighted by Gasteiger charge is 2.20. The summed E-state index contributed by atoms with van der Waals surface area (Å²) in [6.45, 7) is 1.95. The van der Waals surface area contributed by atoms with E-state index in [0.29, 0.717) is 10.7 Å². The van der Waals surface area contributed by atoms with Gasteiger partial charge in [0.05, 0.1) is 5.69 Å². The number of aromatic nitrogens is 5. The fraction of sp³-hybridized carbons (Fsp3) is 0.217. The Balaban J connectivity index is 1.56. The third-order valence-electron chi connectivity index (χ3n) is 5.24. The van der Waals surface area contributed by atoms with Crippen LogP contribution in [0.2, 0.25) is 5.02 Å². The van der Waals surface area contributed by atoms with Crippen molar-refractivity contribution < 1.29 is 9.32 Å². The highest BCUT2D eigenvalue weighted by atomic mass is 35.5. The molecule has 4 aromatic rings. The summed E-state index contributed by atoms with van der Waals surface area (Å²) in [6.07, 6.45) is 0.306. The van der Waals surface area contributed by atoms with Crippen LogP contribution in [0.25, 0.3) is 17.2 Å². The van der Waals surface area contributed by atoms with Crippen LogP contribution in [0, 0.1) is 6.92 Å². The van der Waals surface area contributed by atoms with Gasteiger partial charge in [0.25, 0.3) is 5.56 Å². The number of anilines is 1. The lowest BCUT2D eigenvalue weighted by molar-refractivity contribution is -0.118. The number of halogens is 1. The van der Waals surface area contributed by atoms with Gasteiger partial charge in [0.1, 0.15) is 0 Å². The maximum absolute atomic E-state index is 12.7. The van der Waals surface area contributed by atoms with Crippen LogP contribution in [-0.2, 0) is 18.3 Å². The van der Waals surface area contributed by atoms with E-state index in [9.17, 15) is 14.4 Å². The number of hydrogen-bond donors (Lipinski definition) is 0. The second-order valence-corrected chi connectivity index (χ2v) is 8.12. The molecule has 2 aromatic heterocycles. The zero-order chi connectivity index (χ0) is 24.4. The number of rotatable bonds is 6. The normalized spacial score (nSPS) is 10.9. The van der Waals surface area contributed by atoms with E-state index < -0.39 is 11.2 Å². The molecular formula is C23H21ClN6O4. The highest BCUT2D eigenvalue weighted by Crippen LogP contribution is 2.17. The Labute approximate surface area is 199 Å². The van der Waals surface area contributed by atoms with Crippen LogP contribution in [0.15, 0.2) is 62.6 Å². The number of hydrogen-bond acceptors (Lipinski definition) is 7. The molecule has 10 nitrogen and oxygen atoms in total. The van der Waals surface area contributed by atoms with E-state index in [-0.39, 0.29) is 36.2 Å². The Kier molecular flexibility index (Phi) is 6.42. The van der Waals surface area contributed by atoms with E-state index in [0.717, 1.165) is 20.5 Å². The summed E-state index contributed by atoms with van der Waals surface area (Å²) in [6, 6.07) is 14.0. The molecular weight excluding hydrogens is 460 g/mol. The van der Waals surface area contributed by atoms with Gasteiger partial charge in [-0.15, -0.1) is 0 Å². The number of amides is 1. The molecule has 0 aliphatic heterocycles. The van der Waals surface area contributed by atoms with Gasteiger partial charge in [-0.05, 0) is 48.9 Å². The lowest BCUT2D eigenvalue weighted by Crippen LogP contribution is -2.40. The van der Waals surface area contributed by atoms with Crippen molar-refractivity contribution in [2.45, 2.75) is 19.8 Å². The largest absolute Gasteiger partial charge is 0.351 e. The van der Waals surface area contributed by atoms with Gasteiger partial charge in [0.2, 0.25) is 17.6 Å². The van der Waals surface area contributed by atoms with Crippen LogP contribution < -0.4 is 16.1 Å². The molecule has 1 amide bonds. The smallest absolute Gasteiger partial charge is 0.339 e. The molecule has 0 N–H and O–H groups in total. The van der Waals surface area contributed by atoms with E-state index in [4.69, 9.17) is 16.1 Å². The van der Waals surface area contributed by atoms with Gasteiger partial charge in [0.15, 0.2) is 5.69 Å². The molecule has 0 radical (unpaired) electrons. The van der Waals surface area contributed by atoms with Gasteiger partial charge in [-0.1, -0.05) is 28.9 Å². The second-order valence-electron chi connectivity index (χ2n) is 7.69. The summed E-state index contributed by atoms with van der Waals surface area (Å²) >= 11 is 5.92. The molecule has 0 aliphatic carbocycles. The third kappa shape index (κ3) is 4.67. The first kappa shape index (κ1) is 23.1. The van der Waals surface area contributed by atoms with Crippen molar-refractivity contribution in [3.63, 3.8) is 0 Å². The van der Waals surface area contributed by atoms with Crippen molar-refractivity contribution in [3.8, 4) is 17.2 Å². The van der Waals surface area contributed by atoms with Crippen molar-refractivity contribution in [3.05, 3.63) is 85.8 Å². The third-order valence-corrected chi connectivity index (χ3v) is 5.49. The van der Waals surface area contributed by atoms with Gasteiger partial charge in [-0.3, -0.25) is 14.2 Å². The first-order valence-electron chi connectivity index (χ1n) is 10.4. The Morgan fingerprint density at radius 2 is 1.88 bits per heavy atom. The summed E-state index contributed by atoms with van der Waals surface area (Å²) < 4.78 is 7.20. The molecule has 0 saturated heterocycles. The van der Waals surface area contributed by atoms with Crippen LogP contribution in [-0.4, -0.2) is 37.4 Å². The van der Waals surface area contributed by atoms with Gasteiger partial charge in [-0.25, -0.2) is 4.79 Å². The first-order valence-corrected chi connectivity index (χ1v) is 10.7. The molecule has 0 bridgehead atoms. The first-order chi connectivity index (χ1) is 16.2. The maximum Gasteiger partial charge on any atom is 0.351 e. The van der Waals surface area contributed by atoms with Crippen LogP contribution in [0.4, 0.5) is 5.69 Å². The van der Waals surface area contributed by atoms with Gasteiger partial charge < -0.3 is 9.42 Å². The van der Waals surface area contributed by atoms with E-state index in [1.807, 2.05) is 31.2 Å². The fourth-order valence-electron chi connectivity index (χ4n) is 3.28. The van der Waals surface area contributed by atoms with E-state index in [1.54, 1.807) is 36.2 Å². The molecule has 34 heavy (non-hydrogen) atoms. The highest BCUT2D eigenvalue weighted by molar-refractivity contribution is 6.30. The number of benzene rings is 2. The summed E-state index contributed by atoms with van der Waals surface area (Å²) in [5, 5.41) is 8.48. The number of aryl methyl sites for hydroxylation is 2. The molecule has 2 heterocycles. The minimum atomic E-state index is -0.669. The molecule has 0 fully saturated rings. The molecule has 4 rings (SSSR count). The van der Waals surface area contributed by atoms with Gasteiger partial charge in [0, 0.05) is 37.6 Å². The van der Waals surface area contributed by atoms with E-state index in [1.165, 1.54) is 7.05 Å². The molecule has 0 unspecified atom stereocenters. The second kappa shape index (κ2) is 9.44. The van der Waals surface area contributed by atoms with Crippen molar-refractivity contribution >= 4 is 23.2 Å². The molecule has 0 saturated carbocycles. The number of carbonyl (C=O) groups is 1. The number of nitrogens with zero attached hydrogens (tertiary/aromatic N) is 6. The van der Waals surface area contributed by atoms with E-state index in [2.05, 4.69) is 15.2 Å². The monoisotopic (exact) mass is 480 g/mol. The minimum absolute atomic E-state index is 0.0715. The van der Waals surface area contributed by atoms with Crippen LogP contribution >= 0.6 is 11.6 Å². The van der Waals surface area contributed by atoms with Crippen LogP contribution in [0.5, 0.6) is 0 Å². The molecule has 11 heteroatoms. The fourth-order valence-corrected chi connectivity index (χ4v) is 3.40. The number of carbonyl (C=O) groups excluding carboxylic acids is 1. The maximum atomic E-state index is 12.7.